The molecule has 1 atom stereocenters. The molecule has 3 nitrogen and oxygen atoms in total. The molecule has 5 heteroatoms. The van der Waals surface area contributed by atoms with Crippen molar-refractivity contribution in [2.24, 2.45) is 0 Å². The van der Waals surface area contributed by atoms with Crippen LogP contribution in [0.25, 0.3) is 0 Å². The second kappa shape index (κ2) is 7.13. The number of methoxy groups -OCH3 is 1. The first kappa shape index (κ1) is 14.0. The fraction of sp³-hybridized carbons (Fsp3) is 1.00. The molecule has 0 aliphatic carbocycles. The van der Waals surface area contributed by atoms with E-state index in [1.54, 1.807) is 7.11 Å². The Balaban J connectivity index is 0. The highest BCUT2D eigenvalue weighted by Crippen LogP contribution is 1.98. The van der Waals surface area contributed by atoms with E-state index in [0.29, 0.717) is 0 Å². The van der Waals surface area contributed by atoms with Crippen molar-refractivity contribution in [3.05, 3.63) is 0 Å². The Hall–Kier alpha value is 0.460. The van der Waals surface area contributed by atoms with Crippen LogP contribution in [-0.4, -0.2) is 44.9 Å². The first-order valence-electron chi connectivity index (χ1n) is 3.28. The van der Waals surface area contributed by atoms with E-state index in [0.717, 1.165) is 19.6 Å². The Kier molecular flexibility index (Phi) is 9.08. The lowest BCUT2D eigenvalue weighted by Gasteiger charge is -2.31. The average molecular weight is 203 g/mol. The summed E-state index contributed by atoms with van der Waals surface area (Å²) in [5.41, 5.74) is 0. The molecule has 1 unspecified atom stereocenters. The Morgan fingerprint density at radius 3 is 2.45 bits per heavy atom. The van der Waals surface area contributed by atoms with Crippen LogP contribution in [0.4, 0.5) is 0 Å². The number of nitrogens with zero attached hydrogens (tertiary/aromatic N) is 1. The molecular formula is C6H16Cl2N2O. The highest BCUT2D eigenvalue weighted by molar-refractivity contribution is 5.85. The largest absolute Gasteiger partial charge is 0.365 e. The number of piperazine rings is 1. The van der Waals surface area contributed by atoms with Crippen LogP contribution in [0.1, 0.15) is 0 Å². The van der Waals surface area contributed by atoms with E-state index in [4.69, 9.17) is 4.74 Å². The van der Waals surface area contributed by atoms with Gasteiger partial charge in [0.25, 0.3) is 0 Å². The number of halogens is 2. The van der Waals surface area contributed by atoms with E-state index in [1.807, 2.05) is 0 Å². The summed E-state index contributed by atoms with van der Waals surface area (Å²) in [4.78, 5) is 2.20. The molecule has 1 N–H and O–H groups in total. The minimum absolute atomic E-state index is 0. The minimum atomic E-state index is 0. The summed E-state index contributed by atoms with van der Waals surface area (Å²) >= 11 is 0. The average Bonchev–Trinajstić information content (AvgIpc) is 1.89. The lowest BCUT2D eigenvalue weighted by Crippen LogP contribution is -2.49. The molecule has 1 saturated heterocycles. The fourth-order valence-corrected chi connectivity index (χ4v) is 1.04. The molecule has 11 heavy (non-hydrogen) atoms. The molecule has 0 radical (unpaired) electrons. The molecule has 0 spiro atoms. The van der Waals surface area contributed by atoms with Gasteiger partial charge < -0.3 is 10.1 Å². The second-order valence-electron chi connectivity index (χ2n) is 2.38. The van der Waals surface area contributed by atoms with Crippen LogP contribution in [0.2, 0.25) is 0 Å². The number of hydrogen-bond donors (Lipinski definition) is 1. The third-order valence-corrected chi connectivity index (χ3v) is 1.72. The van der Waals surface area contributed by atoms with Crippen molar-refractivity contribution in [2.75, 3.05) is 33.8 Å². The summed E-state index contributed by atoms with van der Waals surface area (Å²) < 4.78 is 5.17. The molecule has 1 rings (SSSR count). The number of ether oxygens (including phenoxy) is 1. The summed E-state index contributed by atoms with van der Waals surface area (Å²) in [6.07, 6.45) is 0.277. The van der Waals surface area contributed by atoms with Gasteiger partial charge >= 0.3 is 0 Å². The summed E-state index contributed by atoms with van der Waals surface area (Å²) in [6, 6.07) is 0. The smallest absolute Gasteiger partial charge is 0.122 e. The highest BCUT2D eigenvalue weighted by atomic mass is 35.5. The van der Waals surface area contributed by atoms with Gasteiger partial charge in [-0.05, 0) is 7.05 Å². The van der Waals surface area contributed by atoms with Gasteiger partial charge in [0.1, 0.15) is 6.23 Å². The van der Waals surface area contributed by atoms with E-state index in [2.05, 4.69) is 17.3 Å². The molecule has 1 fully saturated rings. The Bertz CT molecular complexity index is 94.7. The number of rotatable bonds is 1. The second-order valence-corrected chi connectivity index (χ2v) is 2.38. The molecule has 1 heterocycles. The van der Waals surface area contributed by atoms with Crippen LogP contribution in [0.15, 0.2) is 0 Å². The molecule has 0 saturated carbocycles. The summed E-state index contributed by atoms with van der Waals surface area (Å²) in [6.45, 7) is 3.11. The maximum Gasteiger partial charge on any atom is 0.122 e. The van der Waals surface area contributed by atoms with Gasteiger partial charge in [0.2, 0.25) is 0 Å². The lowest BCUT2D eigenvalue weighted by molar-refractivity contribution is -0.0304. The van der Waals surface area contributed by atoms with Crippen LogP contribution in [-0.2, 0) is 4.74 Å². The van der Waals surface area contributed by atoms with Gasteiger partial charge in [0.15, 0.2) is 0 Å². The van der Waals surface area contributed by atoms with Gasteiger partial charge in [0, 0.05) is 26.7 Å². The maximum absolute atomic E-state index is 5.17. The lowest BCUT2D eigenvalue weighted by atomic mass is 10.4. The Morgan fingerprint density at radius 2 is 2.09 bits per heavy atom. The van der Waals surface area contributed by atoms with Crippen molar-refractivity contribution in [2.45, 2.75) is 6.23 Å². The fourth-order valence-electron chi connectivity index (χ4n) is 1.04. The minimum Gasteiger partial charge on any atom is -0.365 e. The molecule has 1 aliphatic rings. The van der Waals surface area contributed by atoms with Crippen LogP contribution in [0.3, 0.4) is 0 Å². The molecule has 0 aromatic rings. The predicted molar refractivity (Wildman–Crippen MR) is 50.8 cm³/mol. The first-order valence-corrected chi connectivity index (χ1v) is 3.28. The SMILES string of the molecule is COC1CNCCN1C.Cl.Cl. The third kappa shape index (κ3) is 4.13. The normalized spacial score (nSPS) is 25.1. The molecule has 70 valence electrons. The van der Waals surface area contributed by atoms with Crippen LogP contribution < -0.4 is 5.32 Å². The van der Waals surface area contributed by atoms with E-state index in [1.165, 1.54) is 0 Å². The summed E-state index contributed by atoms with van der Waals surface area (Å²) in [5, 5.41) is 3.25. The monoisotopic (exact) mass is 202 g/mol. The predicted octanol–water partition coefficient (Wildman–Crippen LogP) is 0.337. The van der Waals surface area contributed by atoms with Gasteiger partial charge in [-0.1, -0.05) is 0 Å². The Morgan fingerprint density at radius 1 is 1.45 bits per heavy atom. The first-order chi connectivity index (χ1) is 4.34. The molecular weight excluding hydrogens is 187 g/mol. The maximum atomic E-state index is 5.17. The van der Waals surface area contributed by atoms with Crippen molar-refractivity contribution in [3.63, 3.8) is 0 Å². The van der Waals surface area contributed by atoms with E-state index in [9.17, 15) is 0 Å². The van der Waals surface area contributed by atoms with Crippen molar-refractivity contribution in [1.29, 1.82) is 0 Å². The molecule has 0 amide bonds. The molecule has 0 aromatic carbocycles. The number of likely N-dealkylation sites (N-methyl/N-ethyl adjacent to an activating group) is 1. The number of nitrogens with one attached hydrogen (secondary N) is 1. The van der Waals surface area contributed by atoms with Gasteiger partial charge in [-0.25, -0.2) is 0 Å². The van der Waals surface area contributed by atoms with Crippen molar-refractivity contribution >= 4 is 24.8 Å². The summed E-state index contributed by atoms with van der Waals surface area (Å²) in [5.74, 6) is 0. The van der Waals surface area contributed by atoms with Crippen molar-refractivity contribution in [3.8, 4) is 0 Å². The zero-order valence-corrected chi connectivity index (χ0v) is 8.50. The van der Waals surface area contributed by atoms with E-state index < -0.39 is 0 Å². The van der Waals surface area contributed by atoms with E-state index >= 15 is 0 Å². The van der Waals surface area contributed by atoms with Crippen LogP contribution in [0, 0.1) is 0 Å². The van der Waals surface area contributed by atoms with Crippen LogP contribution >= 0.6 is 24.8 Å². The quantitative estimate of drug-likeness (QED) is 0.665. The molecule has 1 aliphatic heterocycles. The topological polar surface area (TPSA) is 24.5 Å². The number of hydrogen-bond acceptors (Lipinski definition) is 3. The zero-order valence-electron chi connectivity index (χ0n) is 6.87. The zero-order chi connectivity index (χ0) is 6.69. The van der Waals surface area contributed by atoms with Gasteiger partial charge in [-0.15, -0.1) is 24.8 Å². The summed E-state index contributed by atoms with van der Waals surface area (Å²) in [7, 11) is 3.82. The third-order valence-electron chi connectivity index (χ3n) is 1.72. The highest BCUT2D eigenvalue weighted by Gasteiger charge is 2.16. The van der Waals surface area contributed by atoms with Gasteiger partial charge in [0.05, 0.1) is 0 Å². The van der Waals surface area contributed by atoms with E-state index in [-0.39, 0.29) is 31.0 Å². The van der Waals surface area contributed by atoms with Crippen molar-refractivity contribution in [1.82, 2.24) is 10.2 Å². The standard InChI is InChI=1S/C6H14N2O.2ClH/c1-8-4-3-7-5-6(8)9-2;;/h6-7H,3-5H2,1-2H3;2*1H. The van der Waals surface area contributed by atoms with Gasteiger partial charge in [-0.2, -0.15) is 0 Å². The van der Waals surface area contributed by atoms with Crippen molar-refractivity contribution < 1.29 is 4.74 Å². The van der Waals surface area contributed by atoms with Gasteiger partial charge in [-0.3, -0.25) is 4.90 Å². The molecule has 0 bridgehead atoms. The molecule has 0 aromatic heterocycles. The van der Waals surface area contributed by atoms with Crippen LogP contribution in [0.5, 0.6) is 0 Å². The Labute approximate surface area is 80.3 Å².